The molecule has 1 N–H and O–H groups in total. The van der Waals surface area contributed by atoms with E-state index in [9.17, 15) is 18.4 Å². The second-order valence-corrected chi connectivity index (χ2v) is 9.85. The minimum absolute atomic E-state index is 0. The normalized spacial score (nSPS) is 14.3. The van der Waals surface area contributed by atoms with E-state index in [0.29, 0.717) is 26.2 Å². The van der Waals surface area contributed by atoms with Crippen molar-refractivity contribution in [1.29, 1.82) is 0 Å². The van der Waals surface area contributed by atoms with Gasteiger partial charge in [0.25, 0.3) is 0 Å². The summed E-state index contributed by atoms with van der Waals surface area (Å²) in [5.74, 6) is -1.88. The molecule has 0 atom stereocenters. The van der Waals surface area contributed by atoms with Crippen LogP contribution in [0.1, 0.15) is 27.8 Å². The lowest BCUT2D eigenvalue weighted by Gasteiger charge is -2.45. The lowest BCUT2D eigenvalue weighted by molar-refractivity contribution is -0.153. The zero-order valence-corrected chi connectivity index (χ0v) is 22.4. The molecule has 39 heavy (non-hydrogen) atoms. The summed E-state index contributed by atoms with van der Waals surface area (Å²) < 4.78 is 39.1. The van der Waals surface area contributed by atoms with Gasteiger partial charge in [-0.1, -0.05) is 0 Å². The van der Waals surface area contributed by atoms with Crippen molar-refractivity contribution in [3.63, 3.8) is 0 Å². The summed E-state index contributed by atoms with van der Waals surface area (Å²) in [6.45, 7) is 9.62. The number of esters is 2. The smallest absolute Gasteiger partial charge is 0.302 e. The Morgan fingerprint density at radius 1 is 0.949 bits per heavy atom. The summed E-state index contributed by atoms with van der Waals surface area (Å²) in [7, 11) is 0. The molecule has 0 saturated carbocycles. The molecule has 1 aliphatic heterocycles. The highest BCUT2D eigenvalue weighted by atomic mass is 19.1. The Hall–Kier alpha value is -4.06. The van der Waals surface area contributed by atoms with Gasteiger partial charge in [-0.3, -0.25) is 14.5 Å². The molecule has 0 spiro atoms. The van der Waals surface area contributed by atoms with Crippen LogP contribution in [-0.2, 0) is 19.1 Å². The summed E-state index contributed by atoms with van der Waals surface area (Å²) in [4.78, 5) is 31.5. The van der Waals surface area contributed by atoms with Crippen molar-refractivity contribution in [2.24, 2.45) is 0 Å². The number of aromatic nitrogens is 3. The van der Waals surface area contributed by atoms with Crippen LogP contribution in [0.25, 0.3) is 5.69 Å². The molecular weight excluding hydrogens is 510 g/mol. The molecule has 10 nitrogen and oxygen atoms in total. The predicted octanol–water partition coefficient (Wildman–Crippen LogP) is 3.85. The second-order valence-electron chi connectivity index (χ2n) is 9.85. The molecule has 0 unspecified atom stereocenters. The van der Waals surface area contributed by atoms with Gasteiger partial charge in [-0.05, 0) is 49.7 Å². The van der Waals surface area contributed by atoms with Crippen molar-refractivity contribution in [2.45, 2.75) is 33.2 Å². The number of halogens is 2. The van der Waals surface area contributed by atoms with E-state index in [-0.39, 0.29) is 38.2 Å². The lowest BCUT2D eigenvalue weighted by atomic mass is 10.0. The molecule has 2 aromatic carbocycles. The molecule has 1 aromatic heterocycles. The number of rotatable bonds is 9. The average Bonchev–Trinajstić information content (AvgIpc) is 3.34. The second kappa shape index (κ2) is 11.8. The van der Waals surface area contributed by atoms with E-state index >= 15 is 0 Å². The number of piperazine rings is 1. The number of anilines is 3. The molecule has 0 amide bonds. The molecule has 2 heterocycles. The zero-order valence-electron chi connectivity index (χ0n) is 22.4. The van der Waals surface area contributed by atoms with Crippen LogP contribution in [0.2, 0.25) is 0 Å². The Balaban J connectivity index is 0.00000441. The first-order valence-corrected chi connectivity index (χ1v) is 12.5. The van der Waals surface area contributed by atoms with E-state index in [2.05, 4.69) is 31.3 Å². The summed E-state index contributed by atoms with van der Waals surface area (Å²) >= 11 is 0. The highest BCUT2D eigenvalue weighted by Gasteiger charge is 2.36. The van der Waals surface area contributed by atoms with Crippen LogP contribution in [0.3, 0.4) is 0 Å². The maximum atomic E-state index is 13.6. The first kappa shape index (κ1) is 28.0. The minimum atomic E-state index is -0.698. The predicted molar refractivity (Wildman–Crippen MR) is 143 cm³/mol. The zero-order chi connectivity index (χ0) is 28.2. The maximum Gasteiger partial charge on any atom is 0.302 e. The standard InChI is InChI=1S/C27H32F2N6O4.H2/c1-18-9-23(31-26-30-17-35(32-26)25-12-21(28)11-22(29)13-25)14-24(10-18)33-5-7-34(8-6-33)27(4,15-38-19(2)36)16-39-20(3)37;/h9-14,17H,5-8,15-16H2,1-4H3,(H,31,32);1H. The number of carbonyl (C=O) groups excluding carboxylic acids is 2. The first-order chi connectivity index (χ1) is 18.5. The van der Waals surface area contributed by atoms with Crippen molar-refractivity contribution >= 4 is 29.3 Å². The van der Waals surface area contributed by atoms with Gasteiger partial charge < -0.3 is 19.7 Å². The fourth-order valence-corrected chi connectivity index (χ4v) is 4.51. The number of hydrogen-bond donors (Lipinski definition) is 1. The fraction of sp³-hybridized carbons (Fsp3) is 0.407. The number of nitrogens with zero attached hydrogens (tertiary/aromatic N) is 5. The van der Waals surface area contributed by atoms with E-state index in [1.807, 2.05) is 26.0 Å². The van der Waals surface area contributed by atoms with Crippen LogP contribution in [0, 0.1) is 18.6 Å². The van der Waals surface area contributed by atoms with Gasteiger partial charge in [-0.15, -0.1) is 5.10 Å². The molecule has 1 fully saturated rings. The molecule has 0 aliphatic carbocycles. The van der Waals surface area contributed by atoms with Gasteiger partial charge in [-0.2, -0.15) is 4.98 Å². The van der Waals surface area contributed by atoms with Crippen LogP contribution in [0.5, 0.6) is 0 Å². The van der Waals surface area contributed by atoms with Crippen molar-refractivity contribution in [2.75, 3.05) is 49.6 Å². The van der Waals surface area contributed by atoms with Crippen LogP contribution >= 0.6 is 0 Å². The highest BCUT2D eigenvalue weighted by Crippen LogP contribution is 2.27. The third-order valence-corrected chi connectivity index (χ3v) is 6.50. The summed E-state index contributed by atoms with van der Waals surface area (Å²) in [5, 5.41) is 7.46. The van der Waals surface area contributed by atoms with Crippen LogP contribution in [0.4, 0.5) is 26.1 Å². The molecule has 12 heteroatoms. The SMILES string of the molecule is CC(=O)OCC(C)(COC(C)=O)N1CCN(c2cc(C)cc(Nc3ncn(-c4cc(F)cc(F)c4)n3)c2)CC1.[HH]. The van der Waals surface area contributed by atoms with Crippen LogP contribution in [-0.4, -0.2) is 76.5 Å². The van der Waals surface area contributed by atoms with Crippen molar-refractivity contribution < 1.29 is 29.3 Å². The Labute approximate surface area is 227 Å². The van der Waals surface area contributed by atoms with Gasteiger partial charge >= 0.3 is 11.9 Å². The molecular formula is C27H34F2N6O4. The molecule has 1 saturated heterocycles. The van der Waals surface area contributed by atoms with Crippen molar-refractivity contribution in [3.05, 3.63) is 59.9 Å². The van der Waals surface area contributed by atoms with Gasteiger partial charge in [0.2, 0.25) is 5.95 Å². The summed E-state index contributed by atoms with van der Waals surface area (Å²) in [6, 6.07) is 9.18. The van der Waals surface area contributed by atoms with E-state index in [0.717, 1.165) is 23.0 Å². The Bertz CT molecular complexity index is 1310. The number of hydrogen-bond acceptors (Lipinski definition) is 9. The number of aryl methyl sites for hydroxylation is 1. The monoisotopic (exact) mass is 544 g/mol. The molecule has 0 bridgehead atoms. The van der Waals surface area contributed by atoms with Crippen LogP contribution < -0.4 is 10.2 Å². The largest absolute Gasteiger partial charge is 0.464 e. The Morgan fingerprint density at radius 2 is 1.56 bits per heavy atom. The highest BCUT2D eigenvalue weighted by molar-refractivity contribution is 5.67. The number of nitrogens with one attached hydrogen (secondary N) is 1. The minimum Gasteiger partial charge on any atom is -0.464 e. The van der Waals surface area contributed by atoms with E-state index in [1.54, 1.807) is 0 Å². The molecule has 3 aromatic rings. The topological polar surface area (TPSA) is 102 Å². The molecule has 210 valence electrons. The number of benzene rings is 2. The van der Waals surface area contributed by atoms with E-state index < -0.39 is 17.2 Å². The lowest BCUT2D eigenvalue weighted by Crippen LogP contribution is -2.60. The van der Waals surface area contributed by atoms with Gasteiger partial charge in [-0.25, -0.2) is 13.5 Å². The van der Waals surface area contributed by atoms with Gasteiger partial charge in [0.05, 0.1) is 11.2 Å². The van der Waals surface area contributed by atoms with Gasteiger partial charge in [0.15, 0.2) is 0 Å². The third-order valence-electron chi connectivity index (χ3n) is 6.50. The van der Waals surface area contributed by atoms with E-state index in [1.165, 1.54) is 37.0 Å². The number of ether oxygens (including phenoxy) is 2. The molecule has 1 aliphatic rings. The third kappa shape index (κ3) is 7.29. The maximum absolute atomic E-state index is 13.6. The first-order valence-electron chi connectivity index (χ1n) is 12.5. The number of carbonyl (C=O) groups is 2. The van der Waals surface area contributed by atoms with Gasteiger partial charge in [0.1, 0.15) is 31.2 Å². The van der Waals surface area contributed by atoms with Crippen LogP contribution in [0.15, 0.2) is 42.7 Å². The molecule has 0 radical (unpaired) electrons. The Morgan fingerprint density at radius 3 is 2.15 bits per heavy atom. The Kier molecular flexibility index (Phi) is 8.44. The van der Waals surface area contributed by atoms with Crippen molar-refractivity contribution in [1.82, 2.24) is 19.7 Å². The van der Waals surface area contributed by atoms with Crippen molar-refractivity contribution in [3.8, 4) is 5.69 Å². The summed E-state index contributed by atoms with van der Waals surface area (Å²) in [5.41, 5.74) is 2.39. The van der Waals surface area contributed by atoms with Gasteiger partial charge in [0, 0.05) is 58.9 Å². The van der Waals surface area contributed by atoms with E-state index in [4.69, 9.17) is 9.47 Å². The average molecular weight is 545 g/mol. The quantitative estimate of drug-likeness (QED) is 0.403. The summed E-state index contributed by atoms with van der Waals surface area (Å²) in [6.07, 6.45) is 1.38. The fourth-order valence-electron chi connectivity index (χ4n) is 4.51. The molecule has 4 rings (SSSR count).